The molecule has 2 aliphatic heterocycles. The quantitative estimate of drug-likeness (QED) is 0.916. The standard InChI is InChI=1S/C15H23N3O3/c1-2-5-17-10-12(16)9-13(17)14(19)18-6-3-4-15(11-18)20-7-8-21-15/h9-10H,2-8,11,16H2,1H3. The number of aryl methyl sites for hydroxylation is 1. The van der Waals surface area contributed by atoms with Crippen LogP contribution in [0.4, 0.5) is 5.69 Å². The average molecular weight is 293 g/mol. The summed E-state index contributed by atoms with van der Waals surface area (Å²) in [5.74, 6) is -0.569. The summed E-state index contributed by atoms with van der Waals surface area (Å²) in [6, 6.07) is 1.76. The molecule has 0 radical (unpaired) electrons. The highest BCUT2D eigenvalue weighted by Crippen LogP contribution is 2.31. The first-order chi connectivity index (χ1) is 10.1. The van der Waals surface area contributed by atoms with Crippen LogP contribution in [0.1, 0.15) is 36.7 Å². The average Bonchev–Trinajstić information content (AvgIpc) is 3.06. The van der Waals surface area contributed by atoms with E-state index in [2.05, 4.69) is 6.92 Å². The third-order valence-corrected chi connectivity index (χ3v) is 4.12. The predicted octanol–water partition coefficient (Wildman–Crippen LogP) is 1.46. The number of nitrogens with zero attached hydrogens (tertiary/aromatic N) is 2. The first kappa shape index (κ1) is 14.4. The number of likely N-dealkylation sites (tertiary alicyclic amines) is 1. The molecule has 0 saturated carbocycles. The summed E-state index contributed by atoms with van der Waals surface area (Å²) >= 11 is 0. The van der Waals surface area contributed by atoms with Crippen LogP contribution in [0.2, 0.25) is 0 Å². The zero-order valence-electron chi connectivity index (χ0n) is 12.5. The molecule has 2 N–H and O–H groups in total. The molecule has 3 rings (SSSR count). The normalized spacial score (nSPS) is 21.1. The number of hydrogen-bond acceptors (Lipinski definition) is 4. The van der Waals surface area contributed by atoms with Gasteiger partial charge in [-0.05, 0) is 18.9 Å². The lowest BCUT2D eigenvalue weighted by Gasteiger charge is -2.38. The number of carbonyl (C=O) groups is 1. The van der Waals surface area contributed by atoms with Crippen molar-refractivity contribution in [3.8, 4) is 0 Å². The van der Waals surface area contributed by atoms with Gasteiger partial charge in [-0.2, -0.15) is 0 Å². The SMILES string of the molecule is CCCn1cc(N)cc1C(=O)N1CCCC2(C1)OCCO2. The zero-order chi connectivity index (χ0) is 14.9. The van der Waals surface area contributed by atoms with Gasteiger partial charge in [-0.3, -0.25) is 4.79 Å². The molecule has 1 aromatic rings. The minimum absolute atomic E-state index is 0.0123. The molecule has 1 aromatic heterocycles. The maximum absolute atomic E-state index is 12.8. The van der Waals surface area contributed by atoms with E-state index in [0.717, 1.165) is 32.4 Å². The van der Waals surface area contributed by atoms with Gasteiger partial charge in [0.15, 0.2) is 5.79 Å². The van der Waals surface area contributed by atoms with E-state index >= 15 is 0 Å². The Morgan fingerprint density at radius 2 is 2.19 bits per heavy atom. The van der Waals surface area contributed by atoms with Crippen LogP contribution < -0.4 is 5.73 Å². The number of piperidine rings is 1. The number of carbonyl (C=O) groups excluding carboxylic acids is 1. The second-order valence-corrected chi connectivity index (χ2v) is 5.79. The highest BCUT2D eigenvalue weighted by molar-refractivity contribution is 5.94. The van der Waals surface area contributed by atoms with E-state index in [1.807, 2.05) is 15.7 Å². The summed E-state index contributed by atoms with van der Waals surface area (Å²) in [4.78, 5) is 14.6. The maximum atomic E-state index is 12.8. The highest BCUT2D eigenvalue weighted by Gasteiger charge is 2.42. The Kier molecular flexibility index (Phi) is 3.91. The molecule has 0 aromatic carbocycles. The molecule has 0 unspecified atom stereocenters. The summed E-state index contributed by atoms with van der Waals surface area (Å²) in [6.45, 7) is 5.35. The second-order valence-electron chi connectivity index (χ2n) is 5.79. The van der Waals surface area contributed by atoms with E-state index in [4.69, 9.17) is 15.2 Å². The molecule has 6 heteroatoms. The Bertz CT molecular complexity index is 520. The van der Waals surface area contributed by atoms with Crippen LogP contribution in [0, 0.1) is 0 Å². The fraction of sp³-hybridized carbons (Fsp3) is 0.667. The Morgan fingerprint density at radius 1 is 1.43 bits per heavy atom. The molecule has 21 heavy (non-hydrogen) atoms. The van der Waals surface area contributed by atoms with Crippen molar-refractivity contribution in [2.45, 2.75) is 38.5 Å². The third kappa shape index (κ3) is 2.78. The lowest BCUT2D eigenvalue weighted by Crippen LogP contribution is -2.51. The fourth-order valence-electron chi connectivity index (χ4n) is 3.19. The molecular weight excluding hydrogens is 270 g/mol. The van der Waals surface area contributed by atoms with Crippen molar-refractivity contribution in [2.75, 3.05) is 32.0 Å². The van der Waals surface area contributed by atoms with Crippen molar-refractivity contribution in [2.24, 2.45) is 0 Å². The van der Waals surface area contributed by atoms with E-state index in [1.165, 1.54) is 0 Å². The van der Waals surface area contributed by atoms with Crippen molar-refractivity contribution >= 4 is 11.6 Å². The topological polar surface area (TPSA) is 69.7 Å². The molecule has 2 saturated heterocycles. The van der Waals surface area contributed by atoms with Crippen LogP contribution in [0.15, 0.2) is 12.3 Å². The van der Waals surface area contributed by atoms with Crippen LogP contribution >= 0.6 is 0 Å². The van der Waals surface area contributed by atoms with Crippen LogP contribution in [0.25, 0.3) is 0 Å². The number of aromatic nitrogens is 1. The van der Waals surface area contributed by atoms with Gasteiger partial charge in [-0.15, -0.1) is 0 Å². The Hall–Kier alpha value is -1.53. The molecule has 3 heterocycles. The number of ether oxygens (including phenoxy) is 2. The summed E-state index contributed by atoms with van der Waals surface area (Å²) in [6.07, 6.45) is 4.55. The lowest BCUT2D eigenvalue weighted by atomic mass is 10.0. The minimum Gasteiger partial charge on any atom is -0.397 e. The number of hydrogen-bond donors (Lipinski definition) is 1. The van der Waals surface area contributed by atoms with Gasteiger partial charge < -0.3 is 24.7 Å². The lowest BCUT2D eigenvalue weighted by molar-refractivity contribution is -0.183. The molecule has 1 spiro atoms. The number of rotatable bonds is 3. The van der Waals surface area contributed by atoms with Crippen molar-refractivity contribution in [3.05, 3.63) is 18.0 Å². The Labute approximate surface area is 124 Å². The molecule has 2 aliphatic rings. The summed E-state index contributed by atoms with van der Waals surface area (Å²) in [5.41, 5.74) is 7.14. The van der Waals surface area contributed by atoms with Gasteiger partial charge in [-0.25, -0.2) is 0 Å². The number of nitrogen functional groups attached to an aromatic ring is 1. The second kappa shape index (κ2) is 5.69. The minimum atomic E-state index is -0.582. The molecule has 0 aliphatic carbocycles. The molecule has 116 valence electrons. The number of amides is 1. The van der Waals surface area contributed by atoms with E-state index in [0.29, 0.717) is 31.1 Å². The van der Waals surface area contributed by atoms with E-state index in [1.54, 1.807) is 6.07 Å². The first-order valence-corrected chi connectivity index (χ1v) is 7.66. The van der Waals surface area contributed by atoms with Gasteiger partial charge in [0.25, 0.3) is 5.91 Å². The largest absolute Gasteiger partial charge is 0.397 e. The van der Waals surface area contributed by atoms with Gasteiger partial charge in [0, 0.05) is 25.7 Å². The van der Waals surface area contributed by atoms with Gasteiger partial charge >= 0.3 is 0 Å². The predicted molar refractivity (Wildman–Crippen MR) is 78.9 cm³/mol. The number of anilines is 1. The van der Waals surface area contributed by atoms with Crippen LogP contribution in [0.3, 0.4) is 0 Å². The third-order valence-electron chi connectivity index (χ3n) is 4.12. The van der Waals surface area contributed by atoms with Crippen molar-refractivity contribution in [1.82, 2.24) is 9.47 Å². The zero-order valence-corrected chi connectivity index (χ0v) is 12.5. The maximum Gasteiger partial charge on any atom is 0.270 e. The summed E-state index contributed by atoms with van der Waals surface area (Å²) in [5, 5.41) is 0. The van der Waals surface area contributed by atoms with Gasteiger partial charge in [0.2, 0.25) is 0 Å². The first-order valence-electron chi connectivity index (χ1n) is 7.66. The highest BCUT2D eigenvalue weighted by atomic mass is 16.7. The van der Waals surface area contributed by atoms with Gasteiger partial charge in [-0.1, -0.05) is 6.92 Å². The van der Waals surface area contributed by atoms with Crippen molar-refractivity contribution in [3.63, 3.8) is 0 Å². The number of nitrogens with two attached hydrogens (primary N) is 1. The molecular formula is C15H23N3O3. The van der Waals surface area contributed by atoms with Crippen LogP contribution in [-0.2, 0) is 16.0 Å². The monoisotopic (exact) mass is 293 g/mol. The van der Waals surface area contributed by atoms with Crippen molar-refractivity contribution < 1.29 is 14.3 Å². The summed E-state index contributed by atoms with van der Waals surface area (Å²) < 4.78 is 13.4. The Morgan fingerprint density at radius 3 is 2.90 bits per heavy atom. The smallest absolute Gasteiger partial charge is 0.270 e. The Balaban J connectivity index is 1.78. The molecule has 6 nitrogen and oxygen atoms in total. The molecule has 2 fully saturated rings. The molecule has 0 bridgehead atoms. The van der Waals surface area contributed by atoms with Gasteiger partial charge in [0.05, 0.1) is 25.4 Å². The van der Waals surface area contributed by atoms with Crippen LogP contribution in [-0.4, -0.2) is 47.5 Å². The molecule has 0 atom stereocenters. The van der Waals surface area contributed by atoms with E-state index in [9.17, 15) is 4.79 Å². The molecule has 1 amide bonds. The van der Waals surface area contributed by atoms with Crippen molar-refractivity contribution in [1.29, 1.82) is 0 Å². The van der Waals surface area contributed by atoms with Crippen LogP contribution in [0.5, 0.6) is 0 Å². The van der Waals surface area contributed by atoms with Gasteiger partial charge in [0.1, 0.15) is 5.69 Å². The van der Waals surface area contributed by atoms with E-state index in [-0.39, 0.29) is 5.91 Å². The van der Waals surface area contributed by atoms with E-state index < -0.39 is 5.79 Å². The fourth-order valence-corrected chi connectivity index (χ4v) is 3.19. The summed E-state index contributed by atoms with van der Waals surface area (Å²) in [7, 11) is 0.